The van der Waals surface area contributed by atoms with E-state index >= 15 is 0 Å². The molecule has 3 aromatic rings. The average molecular weight is 499 g/mol. The van der Waals surface area contributed by atoms with Gasteiger partial charge in [0.25, 0.3) is 5.56 Å². The maximum absolute atomic E-state index is 12.9. The number of anilines is 1. The summed E-state index contributed by atoms with van der Waals surface area (Å²) >= 11 is 6.17. The first kappa shape index (κ1) is 24.9. The number of nitrogens with zero attached hydrogens (tertiary/aromatic N) is 3. The Kier molecular flexibility index (Phi) is 7.80. The third-order valence-electron chi connectivity index (χ3n) is 6.52. The third-order valence-corrected chi connectivity index (χ3v) is 6.75. The van der Waals surface area contributed by atoms with Crippen molar-refractivity contribution in [3.63, 3.8) is 0 Å². The number of halogens is 1. The quantitative estimate of drug-likeness (QED) is 0.483. The topological polar surface area (TPSA) is 85.7 Å². The molecular formula is C26H31ClN4O4. The number of aryl methyl sites for hydroxylation is 2. The summed E-state index contributed by atoms with van der Waals surface area (Å²) in [5.41, 5.74) is 2.74. The lowest BCUT2D eigenvalue weighted by molar-refractivity contribution is -0.121. The molecule has 1 atom stereocenters. The minimum absolute atomic E-state index is 0.00408. The Labute approximate surface area is 209 Å². The molecule has 0 spiro atoms. The van der Waals surface area contributed by atoms with Crippen LogP contribution in [0.1, 0.15) is 24.8 Å². The van der Waals surface area contributed by atoms with Gasteiger partial charge in [0.1, 0.15) is 0 Å². The van der Waals surface area contributed by atoms with Gasteiger partial charge in [-0.15, -0.1) is 0 Å². The molecule has 1 saturated heterocycles. The maximum atomic E-state index is 12.9. The number of carbonyl (C=O) groups excluding carboxylic acids is 1. The number of rotatable bonds is 9. The van der Waals surface area contributed by atoms with Crippen LogP contribution >= 0.6 is 11.6 Å². The van der Waals surface area contributed by atoms with Crippen molar-refractivity contribution in [2.75, 3.05) is 38.8 Å². The summed E-state index contributed by atoms with van der Waals surface area (Å²) in [6.45, 7) is 5.00. The van der Waals surface area contributed by atoms with E-state index in [0.717, 1.165) is 30.2 Å². The van der Waals surface area contributed by atoms with Crippen LogP contribution < -0.4 is 25.2 Å². The molecule has 0 saturated carbocycles. The van der Waals surface area contributed by atoms with Crippen molar-refractivity contribution >= 4 is 34.1 Å². The monoisotopic (exact) mass is 498 g/mol. The highest BCUT2D eigenvalue weighted by Gasteiger charge is 2.24. The molecule has 1 aromatic heterocycles. The van der Waals surface area contributed by atoms with E-state index in [0.29, 0.717) is 54.3 Å². The summed E-state index contributed by atoms with van der Waals surface area (Å²) in [6.07, 6.45) is 3.43. The van der Waals surface area contributed by atoms with Crippen LogP contribution in [0.4, 0.5) is 5.69 Å². The van der Waals surface area contributed by atoms with Gasteiger partial charge >= 0.3 is 0 Å². The standard InChI is InChI=1S/C26H31ClN4O4/c1-17-6-7-19(27)11-22(17)30-10-8-18(15-30)14-28-25(32)5-4-9-31-16-29-21-13-24(35-3)23(34-2)12-20(21)26(31)33/h6-7,11-13,16,18H,4-5,8-10,14-15H2,1-3H3,(H,28,32)/t18-/m0/s1. The van der Waals surface area contributed by atoms with Gasteiger partial charge in [-0.05, 0) is 49.4 Å². The second-order valence-corrected chi connectivity index (χ2v) is 9.34. The molecule has 186 valence electrons. The van der Waals surface area contributed by atoms with Crippen LogP contribution in [-0.4, -0.2) is 49.3 Å². The van der Waals surface area contributed by atoms with Gasteiger partial charge in [-0.25, -0.2) is 4.98 Å². The SMILES string of the molecule is COc1cc2ncn(CCCC(=O)NC[C@@H]3CCN(c4cc(Cl)ccc4C)C3)c(=O)c2cc1OC. The molecule has 8 nitrogen and oxygen atoms in total. The van der Waals surface area contributed by atoms with E-state index in [1.807, 2.05) is 18.2 Å². The molecule has 1 N–H and O–H groups in total. The Hall–Kier alpha value is -3.26. The minimum atomic E-state index is -0.168. The van der Waals surface area contributed by atoms with E-state index in [9.17, 15) is 9.59 Å². The maximum Gasteiger partial charge on any atom is 0.261 e. The molecule has 4 rings (SSSR count). The summed E-state index contributed by atoms with van der Waals surface area (Å²) in [7, 11) is 3.07. The lowest BCUT2D eigenvalue weighted by Gasteiger charge is -2.21. The number of hydrogen-bond acceptors (Lipinski definition) is 6. The lowest BCUT2D eigenvalue weighted by Crippen LogP contribution is -2.31. The molecule has 2 aromatic carbocycles. The Morgan fingerprint density at radius 2 is 1.97 bits per heavy atom. The minimum Gasteiger partial charge on any atom is -0.493 e. The van der Waals surface area contributed by atoms with Crippen molar-refractivity contribution in [2.45, 2.75) is 32.7 Å². The zero-order chi connectivity index (χ0) is 24.9. The molecule has 9 heteroatoms. The van der Waals surface area contributed by atoms with Crippen molar-refractivity contribution in [1.82, 2.24) is 14.9 Å². The van der Waals surface area contributed by atoms with Crippen LogP contribution in [0.3, 0.4) is 0 Å². The molecular weight excluding hydrogens is 468 g/mol. The molecule has 0 bridgehead atoms. The van der Waals surface area contributed by atoms with E-state index in [4.69, 9.17) is 21.1 Å². The van der Waals surface area contributed by atoms with Crippen LogP contribution in [0, 0.1) is 12.8 Å². The van der Waals surface area contributed by atoms with Crippen LogP contribution in [0.25, 0.3) is 10.9 Å². The van der Waals surface area contributed by atoms with Crippen molar-refractivity contribution < 1.29 is 14.3 Å². The molecule has 1 fully saturated rings. The summed E-state index contributed by atoms with van der Waals surface area (Å²) in [6, 6.07) is 9.28. The fourth-order valence-electron chi connectivity index (χ4n) is 4.54. The summed E-state index contributed by atoms with van der Waals surface area (Å²) in [5, 5.41) is 4.25. The van der Waals surface area contributed by atoms with Crippen molar-refractivity contribution in [3.05, 3.63) is 57.6 Å². The highest BCUT2D eigenvalue weighted by atomic mass is 35.5. The fourth-order valence-corrected chi connectivity index (χ4v) is 4.71. The highest BCUT2D eigenvalue weighted by Crippen LogP contribution is 2.30. The van der Waals surface area contributed by atoms with E-state index in [2.05, 4.69) is 22.1 Å². The number of amides is 1. The van der Waals surface area contributed by atoms with Gasteiger partial charge in [0.2, 0.25) is 5.91 Å². The van der Waals surface area contributed by atoms with Crippen molar-refractivity contribution in [3.8, 4) is 11.5 Å². The Morgan fingerprint density at radius 3 is 2.74 bits per heavy atom. The van der Waals surface area contributed by atoms with Gasteiger partial charge in [-0.1, -0.05) is 17.7 Å². The number of carbonyl (C=O) groups is 1. The first-order chi connectivity index (χ1) is 16.9. The molecule has 2 heterocycles. The largest absolute Gasteiger partial charge is 0.493 e. The Balaban J connectivity index is 1.27. The number of hydrogen-bond donors (Lipinski definition) is 1. The normalized spacial score (nSPS) is 15.4. The number of aromatic nitrogens is 2. The second-order valence-electron chi connectivity index (χ2n) is 8.91. The first-order valence-corrected chi connectivity index (χ1v) is 12.2. The van der Waals surface area contributed by atoms with Crippen molar-refractivity contribution in [2.24, 2.45) is 5.92 Å². The number of nitrogens with one attached hydrogen (secondary N) is 1. The number of ether oxygens (including phenoxy) is 2. The van der Waals surface area contributed by atoms with Gasteiger partial charge in [0.15, 0.2) is 11.5 Å². The third kappa shape index (κ3) is 5.70. The van der Waals surface area contributed by atoms with Gasteiger partial charge in [-0.3, -0.25) is 14.2 Å². The van der Waals surface area contributed by atoms with Crippen LogP contribution in [-0.2, 0) is 11.3 Å². The average Bonchev–Trinajstić information content (AvgIpc) is 3.33. The zero-order valence-electron chi connectivity index (χ0n) is 20.3. The van der Waals surface area contributed by atoms with Crippen LogP contribution in [0.2, 0.25) is 5.02 Å². The number of benzene rings is 2. The smallest absolute Gasteiger partial charge is 0.261 e. The first-order valence-electron chi connectivity index (χ1n) is 11.8. The summed E-state index contributed by atoms with van der Waals surface area (Å²) in [5.74, 6) is 1.40. The van der Waals surface area contributed by atoms with Gasteiger partial charge in [-0.2, -0.15) is 0 Å². The van der Waals surface area contributed by atoms with Gasteiger partial charge in [0.05, 0.1) is 31.4 Å². The van der Waals surface area contributed by atoms with Crippen molar-refractivity contribution in [1.29, 1.82) is 0 Å². The number of methoxy groups -OCH3 is 2. The molecule has 1 amide bonds. The Bertz CT molecular complexity index is 1280. The summed E-state index contributed by atoms with van der Waals surface area (Å²) < 4.78 is 12.1. The number of fused-ring (bicyclic) bond motifs is 1. The fraction of sp³-hybridized carbons (Fsp3) is 0.423. The van der Waals surface area contributed by atoms with E-state index in [1.165, 1.54) is 23.6 Å². The highest BCUT2D eigenvalue weighted by molar-refractivity contribution is 6.30. The second kappa shape index (κ2) is 11.0. The molecule has 0 aliphatic carbocycles. The molecule has 1 aliphatic rings. The van der Waals surface area contributed by atoms with Crippen LogP contribution in [0.5, 0.6) is 11.5 Å². The molecule has 35 heavy (non-hydrogen) atoms. The predicted molar refractivity (Wildman–Crippen MR) is 138 cm³/mol. The van der Waals surface area contributed by atoms with E-state index in [-0.39, 0.29) is 11.5 Å². The predicted octanol–water partition coefficient (Wildman–Crippen LogP) is 3.80. The van der Waals surface area contributed by atoms with E-state index < -0.39 is 0 Å². The molecule has 1 aliphatic heterocycles. The van der Waals surface area contributed by atoms with Crippen LogP contribution in [0.15, 0.2) is 41.5 Å². The Morgan fingerprint density at radius 1 is 1.20 bits per heavy atom. The lowest BCUT2D eigenvalue weighted by atomic mass is 10.1. The van der Waals surface area contributed by atoms with Gasteiger partial charge < -0.3 is 19.7 Å². The summed E-state index contributed by atoms with van der Waals surface area (Å²) in [4.78, 5) is 32.0. The van der Waals surface area contributed by atoms with E-state index in [1.54, 1.807) is 19.2 Å². The van der Waals surface area contributed by atoms with Gasteiger partial charge in [0, 0.05) is 49.4 Å². The molecule has 0 unspecified atom stereocenters. The molecule has 0 radical (unpaired) electrons. The zero-order valence-corrected chi connectivity index (χ0v) is 21.1.